The number of carbonyl (C=O) groups is 2. The minimum Gasteiger partial charge on any atom is -0.310 e. The van der Waals surface area contributed by atoms with Gasteiger partial charge in [-0.05, 0) is 31.4 Å². The number of amides is 1. The first-order valence-corrected chi connectivity index (χ1v) is 7.33. The van der Waals surface area contributed by atoms with Crippen LogP contribution in [0.5, 0.6) is 0 Å². The van der Waals surface area contributed by atoms with E-state index < -0.39 is 0 Å². The molecule has 0 spiro atoms. The summed E-state index contributed by atoms with van der Waals surface area (Å²) >= 11 is 1.30. The van der Waals surface area contributed by atoms with Gasteiger partial charge in [-0.15, -0.1) is 0 Å². The first-order valence-electron chi connectivity index (χ1n) is 6.35. The normalized spacial score (nSPS) is 19.0. The van der Waals surface area contributed by atoms with Crippen LogP contribution < -0.4 is 4.90 Å². The molecule has 1 aliphatic heterocycles. The molecule has 1 unspecified atom stereocenters. The third-order valence-electron chi connectivity index (χ3n) is 3.31. The third kappa shape index (κ3) is 3.15. The van der Waals surface area contributed by atoms with Crippen molar-refractivity contribution in [2.24, 2.45) is 5.92 Å². The van der Waals surface area contributed by atoms with E-state index in [1.54, 1.807) is 13.1 Å². The van der Waals surface area contributed by atoms with Gasteiger partial charge in [0.1, 0.15) is 0 Å². The Labute approximate surface area is 117 Å². The molecular weight excluding hydrogens is 260 g/mol. The molecule has 19 heavy (non-hydrogen) atoms. The fourth-order valence-electron chi connectivity index (χ4n) is 2.44. The fraction of sp³-hybridized carbons (Fsp3) is 0.500. The second kappa shape index (κ2) is 5.74. The number of aromatic nitrogens is 1. The molecule has 1 saturated heterocycles. The van der Waals surface area contributed by atoms with E-state index in [1.807, 2.05) is 24.8 Å². The smallest absolute Gasteiger partial charge is 0.227 e. The van der Waals surface area contributed by atoms with E-state index in [1.165, 1.54) is 11.8 Å². The molecule has 1 fully saturated rings. The molecule has 2 heterocycles. The summed E-state index contributed by atoms with van der Waals surface area (Å²) in [6.45, 7) is 6.17. The number of hydrogen-bond acceptors (Lipinski definition) is 4. The Morgan fingerprint density at radius 3 is 2.89 bits per heavy atom. The maximum absolute atomic E-state index is 12.1. The number of nitrogens with zero attached hydrogens (tertiary/aromatic N) is 2. The highest BCUT2D eigenvalue weighted by Gasteiger charge is 2.32. The minimum atomic E-state index is 0.111. The molecule has 0 radical (unpaired) electrons. The lowest BCUT2D eigenvalue weighted by Gasteiger charge is -2.20. The van der Waals surface area contributed by atoms with Gasteiger partial charge in [0.05, 0.1) is 11.4 Å². The summed E-state index contributed by atoms with van der Waals surface area (Å²) < 4.78 is 0. The van der Waals surface area contributed by atoms with Gasteiger partial charge in [0, 0.05) is 31.8 Å². The average Bonchev–Trinajstić information content (AvgIpc) is 2.68. The maximum atomic E-state index is 12.1. The molecule has 0 N–H and O–H groups in total. The summed E-state index contributed by atoms with van der Waals surface area (Å²) in [5.74, 6) is 1.10. The zero-order chi connectivity index (χ0) is 14.0. The Bertz CT molecular complexity index is 496. The molecule has 5 heteroatoms. The highest BCUT2D eigenvalue weighted by Crippen LogP contribution is 2.31. The fourth-order valence-corrected chi connectivity index (χ4v) is 3.13. The molecule has 102 valence electrons. The van der Waals surface area contributed by atoms with Crippen molar-refractivity contribution in [2.75, 3.05) is 17.2 Å². The van der Waals surface area contributed by atoms with Crippen LogP contribution in [0.2, 0.25) is 0 Å². The second-order valence-corrected chi connectivity index (χ2v) is 6.14. The van der Waals surface area contributed by atoms with Crippen LogP contribution in [0, 0.1) is 19.8 Å². The molecule has 4 nitrogen and oxygen atoms in total. The first-order chi connectivity index (χ1) is 8.99. The van der Waals surface area contributed by atoms with Crippen LogP contribution in [0.4, 0.5) is 5.69 Å². The van der Waals surface area contributed by atoms with E-state index in [4.69, 9.17) is 0 Å². The molecule has 1 atom stereocenters. The van der Waals surface area contributed by atoms with Gasteiger partial charge in [-0.3, -0.25) is 14.6 Å². The van der Waals surface area contributed by atoms with E-state index in [2.05, 4.69) is 4.98 Å². The molecule has 0 saturated carbocycles. The summed E-state index contributed by atoms with van der Waals surface area (Å²) in [5, 5.41) is 0.111. The predicted molar refractivity (Wildman–Crippen MR) is 77.3 cm³/mol. The Hall–Kier alpha value is -1.36. The predicted octanol–water partition coefficient (Wildman–Crippen LogP) is 2.33. The molecule has 1 amide bonds. The standard InChI is InChI=1S/C14H18N2O2S/c1-9-4-5-15-10(2)14(9)16-7-12(6-13(16)18)8-19-11(3)17/h4-5,12H,6-8H2,1-3H3. The third-order valence-corrected chi connectivity index (χ3v) is 4.35. The number of hydrogen-bond donors (Lipinski definition) is 0. The second-order valence-electron chi connectivity index (χ2n) is 4.94. The maximum Gasteiger partial charge on any atom is 0.227 e. The van der Waals surface area contributed by atoms with Crippen molar-refractivity contribution in [1.82, 2.24) is 4.98 Å². The summed E-state index contributed by atoms with van der Waals surface area (Å²) in [5.41, 5.74) is 2.89. The van der Waals surface area contributed by atoms with Crippen LogP contribution in [-0.4, -0.2) is 28.3 Å². The van der Waals surface area contributed by atoms with Crippen LogP contribution in [0.1, 0.15) is 24.6 Å². The van der Waals surface area contributed by atoms with Crippen LogP contribution in [0.15, 0.2) is 12.3 Å². The zero-order valence-corrected chi connectivity index (χ0v) is 12.3. The summed E-state index contributed by atoms with van der Waals surface area (Å²) in [6.07, 6.45) is 2.28. The molecular formula is C14H18N2O2S. The van der Waals surface area contributed by atoms with Crippen LogP contribution in [0.25, 0.3) is 0 Å². The first kappa shape index (κ1) is 14.1. The van der Waals surface area contributed by atoms with E-state index in [9.17, 15) is 9.59 Å². The monoisotopic (exact) mass is 278 g/mol. The van der Waals surface area contributed by atoms with Crippen molar-refractivity contribution < 1.29 is 9.59 Å². The Morgan fingerprint density at radius 2 is 2.26 bits per heavy atom. The van der Waals surface area contributed by atoms with Crippen LogP contribution in [-0.2, 0) is 9.59 Å². The zero-order valence-electron chi connectivity index (χ0n) is 11.5. The molecule has 0 aliphatic carbocycles. The number of pyridine rings is 1. The van der Waals surface area contributed by atoms with Gasteiger partial charge in [0.15, 0.2) is 5.12 Å². The highest BCUT2D eigenvalue weighted by molar-refractivity contribution is 8.13. The van der Waals surface area contributed by atoms with E-state index in [0.29, 0.717) is 13.0 Å². The van der Waals surface area contributed by atoms with Gasteiger partial charge in [0.2, 0.25) is 5.91 Å². The van der Waals surface area contributed by atoms with Crippen molar-refractivity contribution in [1.29, 1.82) is 0 Å². The van der Waals surface area contributed by atoms with Gasteiger partial charge < -0.3 is 4.90 Å². The van der Waals surface area contributed by atoms with Crippen molar-refractivity contribution >= 4 is 28.5 Å². The molecule has 0 bridgehead atoms. The van der Waals surface area contributed by atoms with E-state index >= 15 is 0 Å². The van der Waals surface area contributed by atoms with Gasteiger partial charge in [-0.25, -0.2) is 0 Å². The van der Waals surface area contributed by atoms with Gasteiger partial charge in [0.25, 0.3) is 0 Å². The Kier molecular flexibility index (Phi) is 4.24. The number of carbonyl (C=O) groups excluding carboxylic acids is 2. The van der Waals surface area contributed by atoms with Crippen molar-refractivity contribution in [3.05, 3.63) is 23.5 Å². The molecule has 0 aromatic carbocycles. The van der Waals surface area contributed by atoms with Crippen molar-refractivity contribution in [2.45, 2.75) is 27.2 Å². The van der Waals surface area contributed by atoms with Gasteiger partial charge in [-0.1, -0.05) is 11.8 Å². The summed E-state index contributed by atoms with van der Waals surface area (Å²) in [6, 6.07) is 1.92. The van der Waals surface area contributed by atoms with E-state index in [-0.39, 0.29) is 16.9 Å². The number of aryl methyl sites for hydroxylation is 2. The minimum absolute atomic E-state index is 0.111. The lowest BCUT2D eigenvalue weighted by Crippen LogP contribution is -2.26. The van der Waals surface area contributed by atoms with E-state index in [0.717, 1.165) is 22.7 Å². The largest absolute Gasteiger partial charge is 0.310 e. The Balaban J connectivity index is 2.14. The molecule has 1 aromatic rings. The summed E-state index contributed by atoms with van der Waals surface area (Å²) in [7, 11) is 0. The van der Waals surface area contributed by atoms with Crippen LogP contribution >= 0.6 is 11.8 Å². The molecule has 1 aliphatic rings. The van der Waals surface area contributed by atoms with Crippen molar-refractivity contribution in [3.63, 3.8) is 0 Å². The topological polar surface area (TPSA) is 50.3 Å². The van der Waals surface area contributed by atoms with Gasteiger partial charge >= 0.3 is 0 Å². The number of thioether (sulfide) groups is 1. The quantitative estimate of drug-likeness (QED) is 0.851. The average molecular weight is 278 g/mol. The van der Waals surface area contributed by atoms with Crippen LogP contribution in [0.3, 0.4) is 0 Å². The SMILES string of the molecule is CC(=O)SCC1CC(=O)N(c2c(C)ccnc2C)C1. The van der Waals surface area contributed by atoms with Gasteiger partial charge in [-0.2, -0.15) is 0 Å². The lowest BCUT2D eigenvalue weighted by molar-refractivity contribution is -0.117. The summed E-state index contributed by atoms with van der Waals surface area (Å²) in [4.78, 5) is 29.2. The lowest BCUT2D eigenvalue weighted by atomic mass is 10.1. The molecule has 2 rings (SSSR count). The highest BCUT2D eigenvalue weighted by atomic mass is 32.2. The number of anilines is 1. The Morgan fingerprint density at radius 1 is 1.53 bits per heavy atom. The number of rotatable bonds is 3. The van der Waals surface area contributed by atoms with Crippen molar-refractivity contribution in [3.8, 4) is 0 Å². The molecule has 1 aromatic heterocycles.